The van der Waals surface area contributed by atoms with Gasteiger partial charge in [-0.15, -0.1) is 0 Å². The maximum absolute atomic E-state index is 12.1. The Kier molecular flexibility index (Phi) is 5.05. The molecule has 0 spiro atoms. The van der Waals surface area contributed by atoms with Crippen LogP contribution >= 0.6 is 23.2 Å². The van der Waals surface area contributed by atoms with E-state index >= 15 is 0 Å². The van der Waals surface area contributed by atoms with Gasteiger partial charge >= 0.3 is 0 Å². The summed E-state index contributed by atoms with van der Waals surface area (Å²) < 4.78 is 0. The molecule has 0 aliphatic rings. The molecule has 21 heavy (non-hydrogen) atoms. The van der Waals surface area contributed by atoms with E-state index in [1.807, 2.05) is 43.3 Å². The van der Waals surface area contributed by atoms with Crippen LogP contribution in [0.1, 0.15) is 15.9 Å². The Morgan fingerprint density at radius 3 is 2.29 bits per heavy atom. The number of allylic oxidation sites excluding steroid dienone is 1. The van der Waals surface area contributed by atoms with E-state index in [0.29, 0.717) is 15.6 Å². The van der Waals surface area contributed by atoms with Crippen molar-refractivity contribution in [3.05, 3.63) is 69.7 Å². The number of hydrogen-bond acceptors (Lipinski definition) is 2. The van der Waals surface area contributed by atoms with Gasteiger partial charge in [-0.25, -0.2) is 0 Å². The molecule has 4 heteroatoms. The predicted molar refractivity (Wildman–Crippen MR) is 90.6 cm³/mol. The summed E-state index contributed by atoms with van der Waals surface area (Å²) in [5.41, 5.74) is 2.51. The minimum absolute atomic E-state index is 0.145. The number of nitrogens with zero attached hydrogens (tertiary/aromatic N) is 1. The van der Waals surface area contributed by atoms with E-state index in [1.165, 1.54) is 6.08 Å². The molecule has 0 aliphatic carbocycles. The van der Waals surface area contributed by atoms with Gasteiger partial charge in [0, 0.05) is 30.4 Å². The second-order valence-corrected chi connectivity index (χ2v) is 5.65. The topological polar surface area (TPSA) is 20.3 Å². The van der Waals surface area contributed by atoms with Crippen LogP contribution in [0.2, 0.25) is 10.0 Å². The fourth-order valence-corrected chi connectivity index (χ4v) is 2.34. The summed E-state index contributed by atoms with van der Waals surface area (Å²) in [5.74, 6) is -0.145. The molecule has 0 N–H and O–H groups in total. The molecule has 0 amide bonds. The van der Waals surface area contributed by atoms with Crippen LogP contribution in [0, 0.1) is 0 Å². The van der Waals surface area contributed by atoms with Gasteiger partial charge in [0.2, 0.25) is 0 Å². The van der Waals surface area contributed by atoms with Gasteiger partial charge in [0.05, 0.1) is 5.02 Å². The Morgan fingerprint density at radius 2 is 1.71 bits per heavy atom. The van der Waals surface area contributed by atoms with Gasteiger partial charge in [0.1, 0.15) is 0 Å². The smallest absolute Gasteiger partial charge is 0.187 e. The lowest BCUT2D eigenvalue weighted by molar-refractivity contribution is 0.104. The molecule has 0 saturated heterocycles. The standard InChI is InChI=1S/C17H15Cl2NO/c1-20(2)14-7-3-12(4-8-14)5-10-17(21)15-9-6-13(18)11-16(15)19/h3-11H,1-2H3/b10-5+. The lowest BCUT2D eigenvalue weighted by atomic mass is 10.1. The summed E-state index contributed by atoms with van der Waals surface area (Å²) in [6.45, 7) is 0. The number of carbonyl (C=O) groups is 1. The molecule has 0 atom stereocenters. The molecule has 0 bridgehead atoms. The SMILES string of the molecule is CN(C)c1ccc(/C=C/C(=O)c2ccc(Cl)cc2Cl)cc1. The first-order valence-corrected chi connectivity index (χ1v) is 7.18. The van der Waals surface area contributed by atoms with E-state index in [9.17, 15) is 4.79 Å². The summed E-state index contributed by atoms with van der Waals surface area (Å²) in [6, 6.07) is 12.8. The van der Waals surface area contributed by atoms with Crippen molar-refractivity contribution in [2.45, 2.75) is 0 Å². The first kappa shape index (κ1) is 15.6. The molecule has 2 aromatic carbocycles. The second kappa shape index (κ2) is 6.79. The molecule has 0 fully saturated rings. The molecule has 2 aromatic rings. The Balaban J connectivity index is 2.15. The van der Waals surface area contributed by atoms with Crippen LogP contribution in [-0.2, 0) is 0 Å². The molecule has 108 valence electrons. The third kappa shape index (κ3) is 4.10. The highest BCUT2D eigenvalue weighted by Gasteiger charge is 2.07. The van der Waals surface area contributed by atoms with Gasteiger partial charge in [-0.3, -0.25) is 4.79 Å². The number of carbonyl (C=O) groups excluding carboxylic acids is 1. The van der Waals surface area contributed by atoms with Crippen molar-refractivity contribution in [1.29, 1.82) is 0 Å². The number of hydrogen-bond donors (Lipinski definition) is 0. The average Bonchev–Trinajstić information content (AvgIpc) is 2.45. The van der Waals surface area contributed by atoms with E-state index in [-0.39, 0.29) is 5.78 Å². The highest BCUT2D eigenvalue weighted by molar-refractivity contribution is 6.37. The summed E-state index contributed by atoms with van der Waals surface area (Å²) in [6.07, 6.45) is 3.28. The summed E-state index contributed by atoms with van der Waals surface area (Å²) in [4.78, 5) is 14.1. The highest BCUT2D eigenvalue weighted by Crippen LogP contribution is 2.22. The second-order valence-electron chi connectivity index (χ2n) is 4.81. The maximum Gasteiger partial charge on any atom is 0.187 e. The molecule has 0 unspecified atom stereocenters. The highest BCUT2D eigenvalue weighted by atomic mass is 35.5. The van der Waals surface area contributed by atoms with E-state index < -0.39 is 0 Å². The average molecular weight is 320 g/mol. The Morgan fingerprint density at radius 1 is 1.05 bits per heavy atom. The summed E-state index contributed by atoms with van der Waals surface area (Å²) >= 11 is 11.8. The molecule has 0 aromatic heterocycles. The van der Waals surface area contributed by atoms with E-state index in [4.69, 9.17) is 23.2 Å². The van der Waals surface area contributed by atoms with Crippen LogP contribution in [0.25, 0.3) is 6.08 Å². The summed E-state index contributed by atoms with van der Waals surface area (Å²) in [7, 11) is 3.97. The van der Waals surface area contributed by atoms with Gasteiger partial charge in [-0.1, -0.05) is 41.4 Å². The number of rotatable bonds is 4. The van der Waals surface area contributed by atoms with E-state index in [2.05, 4.69) is 0 Å². The first-order valence-electron chi connectivity index (χ1n) is 6.42. The van der Waals surface area contributed by atoms with Crippen LogP contribution in [-0.4, -0.2) is 19.9 Å². The Labute approximate surface area is 134 Å². The minimum atomic E-state index is -0.145. The van der Waals surface area contributed by atoms with Crippen molar-refractivity contribution < 1.29 is 4.79 Å². The lowest BCUT2D eigenvalue weighted by Gasteiger charge is -2.11. The third-order valence-electron chi connectivity index (χ3n) is 3.03. The molecular formula is C17H15Cl2NO. The molecule has 2 rings (SSSR count). The number of anilines is 1. The molecule has 0 aliphatic heterocycles. The molecule has 0 heterocycles. The Hall–Kier alpha value is -1.77. The van der Waals surface area contributed by atoms with Crippen molar-refractivity contribution in [1.82, 2.24) is 0 Å². The Bertz CT molecular complexity index is 676. The van der Waals surface area contributed by atoms with Gasteiger partial charge in [0.15, 0.2) is 5.78 Å². The monoisotopic (exact) mass is 319 g/mol. The van der Waals surface area contributed by atoms with Crippen molar-refractivity contribution in [3.8, 4) is 0 Å². The quantitative estimate of drug-likeness (QED) is 0.586. The first-order chi connectivity index (χ1) is 9.97. The zero-order valence-electron chi connectivity index (χ0n) is 11.8. The number of halogens is 2. The van der Waals surface area contributed by atoms with Crippen molar-refractivity contribution in [2.24, 2.45) is 0 Å². The van der Waals surface area contributed by atoms with Crippen molar-refractivity contribution in [3.63, 3.8) is 0 Å². The fourth-order valence-electron chi connectivity index (χ4n) is 1.83. The van der Waals surface area contributed by atoms with Crippen molar-refractivity contribution in [2.75, 3.05) is 19.0 Å². The van der Waals surface area contributed by atoms with Crippen molar-refractivity contribution >= 4 is 40.7 Å². The number of benzene rings is 2. The van der Waals surface area contributed by atoms with Gasteiger partial charge in [-0.05, 0) is 42.0 Å². The van der Waals surface area contributed by atoms with E-state index in [1.54, 1.807) is 24.3 Å². The predicted octanol–water partition coefficient (Wildman–Crippen LogP) is 4.96. The van der Waals surface area contributed by atoms with Crippen LogP contribution in [0.3, 0.4) is 0 Å². The van der Waals surface area contributed by atoms with E-state index in [0.717, 1.165) is 11.3 Å². The molecule has 2 nitrogen and oxygen atoms in total. The zero-order valence-corrected chi connectivity index (χ0v) is 13.3. The molecular weight excluding hydrogens is 305 g/mol. The molecule has 0 radical (unpaired) electrons. The third-order valence-corrected chi connectivity index (χ3v) is 3.58. The molecule has 0 saturated carbocycles. The summed E-state index contributed by atoms with van der Waals surface area (Å²) in [5, 5.41) is 0.875. The number of ketones is 1. The normalized spacial score (nSPS) is 10.9. The van der Waals surface area contributed by atoms with Crippen LogP contribution < -0.4 is 4.90 Å². The maximum atomic E-state index is 12.1. The van der Waals surface area contributed by atoms with Gasteiger partial charge in [0.25, 0.3) is 0 Å². The van der Waals surface area contributed by atoms with Gasteiger partial charge < -0.3 is 4.90 Å². The van der Waals surface area contributed by atoms with Crippen LogP contribution in [0.4, 0.5) is 5.69 Å². The largest absolute Gasteiger partial charge is 0.378 e. The zero-order chi connectivity index (χ0) is 15.4. The lowest BCUT2D eigenvalue weighted by Crippen LogP contribution is -2.07. The van der Waals surface area contributed by atoms with Crippen LogP contribution in [0.15, 0.2) is 48.5 Å². The van der Waals surface area contributed by atoms with Crippen LogP contribution in [0.5, 0.6) is 0 Å². The van der Waals surface area contributed by atoms with Gasteiger partial charge in [-0.2, -0.15) is 0 Å². The minimum Gasteiger partial charge on any atom is -0.378 e. The fraction of sp³-hybridized carbons (Fsp3) is 0.118.